The molecule has 3 aromatic rings. The second kappa shape index (κ2) is 5.41. The number of carbonyl (C=O) groups is 1. The fraction of sp³-hybridized carbons (Fsp3) is 0.250. The van der Waals surface area contributed by atoms with Crippen LogP contribution in [-0.4, -0.2) is 10.6 Å². The predicted molar refractivity (Wildman–Crippen MR) is 92.5 cm³/mol. The lowest BCUT2D eigenvalue weighted by Gasteiger charge is -2.31. The molecule has 0 radical (unpaired) electrons. The molecule has 128 valence electrons. The average molecular weight is 340 g/mol. The number of hydrogen-bond acceptors (Lipinski definition) is 1. The van der Waals surface area contributed by atoms with Gasteiger partial charge < -0.3 is 5.73 Å². The smallest absolute Gasteiger partial charge is 0.323 e. The van der Waals surface area contributed by atoms with Gasteiger partial charge in [-0.3, -0.25) is 4.57 Å². The molecule has 2 aromatic carbocycles. The number of fused-ring (bicyclic) bond motifs is 1. The Bertz CT molecular complexity index is 991. The Morgan fingerprint density at radius 1 is 1.16 bits per heavy atom. The van der Waals surface area contributed by atoms with Gasteiger partial charge in [0.15, 0.2) is 0 Å². The lowest BCUT2D eigenvalue weighted by atomic mass is 9.72. The van der Waals surface area contributed by atoms with Gasteiger partial charge in [0.2, 0.25) is 0 Å². The van der Waals surface area contributed by atoms with Crippen LogP contribution in [0.5, 0.6) is 0 Å². The zero-order valence-electron chi connectivity index (χ0n) is 13.8. The van der Waals surface area contributed by atoms with Gasteiger partial charge in [-0.25, -0.2) is 13.6 Å². The first-order valence-electron chi connectivity index (χ1n) is 8.29. The third kappa shape index (κ3) is 2.34. The maximum Gasteiger partial charge on any atom is 0.323 e. The molecule has 1 fully saturated rings. The van der Waals surface area contributed by atoms with Crippen LogP contribution in [0.3, 0.4) is 0 Å². The van der Waals surface area contributed by atoms with Crippen LogP contribution in [0.2, 0.25) is 0 Å². The second-order valence-corrected chi connectivity index (χ2v) is 6.87. The van der Waals surface area contributed by atoms with E-state index in [0.717, 1.165) is 29.9 Å². The van der Waals surface area contributed by atoms with Crippen molar-refractivity contribution in [1.82, 2.24) is 4.57 Å². The van der Waals surface area contributed by atoms with Gasteiger partial charge in [0.05, 0.1) is 5.52 Å². The Hall–Kier alpha value is -2.69. The van der Waals surface area contributed by atoms with Crippen molar-refractivity contribution in [2.45, 2.75) is 25.2 Å². The maximum absolute atomic E-state index is 14.6. The number of nitrogens with zero attached hydrogens (tertiary/aromatic N) is 1. The zero-order valence-corrected chi connectivity index (χ0v) is 13.8. The van der Waals surface area contributed by atoms with Crippen LogP contribution in [0, 0.1) is 17.6 Å². The molecule has 0 saturated heterocycles. The van der Waals surface area contributed by atoms with Gasteiger partial charge in [-0.1, -0.05) is 31.2 Å². The molecule has 1 saturated carbocycles. The topological polar surface area (TPSA) is 48.0 Å². The van der Waals surface area contributed by atoms with Crippen LogP contribution in [0.15, 0.2) is 48.7 Å². The average Bonchev–Trinajstić information content (AvgIpc) is 3.35. The first-order chi connectivity index (χ1) is 11.9. The van der Waals surface area contributed by atoms with Crippen LogP contribution in [-0.2, 0) is 5.41 Å². The van der Waals surface area contributed by atoms with Crippen LogP contribution in [0.25, 0.3) is 10.9 Å². The minimum Gasteiger partial charge on any atom is -0.351 e. The summed E-state index contributed by atoms with van der Waals surface area (Å²) in [5.41, 5.74) is 6.85. The number of benzene rings is 2. The molecule has 1 aromatic heterocycles. The highest BCUT2D eigenvalue weighted by Gasteiger charge is 2.47. The summed E-state index contributed by atoms with van der Waals surface area (Å²) < 4.78 is 29.5. The van der Waals surface area contributed by atoms with Crippen LogP contribution in [0.4, 0.5) is 13.6 Å². The van der Waals surface area contributed by atoms with Crippen molar-refractivity contribution in [1.29, 1.82) is 0 Å². The third-order valence-corrected chi connectivity index (χ3v) is 5.39. The number of halogens is 2. The lowest BCUT2D eigenvalue weighted by Crippen LogP contribution is -2.28. The summed E-state index contributed by atoms with van der Waals surface area (Å²) in [7, 11) is 0. The van der Waals surface area contributed by atoms with Gasteiger partial charge in [0, 0.05) is 23.1 Å². The van der Waals surface area contributed by atoms with E-state index in [1.807, 2.05) is 31.2 Å². The van der Waals surface area contributed by atoms with E-state index in [9.17, 15) is 13.6 Å². The zero-order chi connectivity index (χ0) is 17.8. The molecule has 5 heteroatoms. The minimum atomic E-state index is -0.655. The van der Waals surface area contributed by atoms with Crippen LogP contribution in [0.1, 0.15) is 30.9 Å². The number of hydrogen-bond donors (Lipinski definition) is 1. The second-order valence-electron chi connectivity index (χ2n) is 6.87. The summed E-state index contributed by atoms with van der Waals surface area (Å²) in [6.45, 7) is 1.97. The fourth-order valence-electron chi connectivity index (χ4n) is 3.93. The molecule has 1 aliphatic rings. The van der Waals surface area contributed by atoms with E-state index >= 15 is 0 Å². The molecule has 4 rings (SSSR count). The maximum atomic E-state index is 14.6. The molecule has 25 heavy (non-hydrogen) atoms. The van der Waals surface area contributed by atoms with E-state index in [1.54, 1.807) is 6.20 Å². The molecule has 0 aliphatic heterocycles. The molecule has 1 aliphatic carbocycles. The highest BCUT2D eigenvalue weighted by molar-refractivity contribution is 5.94. The Balaban J connectivity index is 2.02. The van der Waals surface area contributed by atoms with Crippen molar-refractivity contribution in [2.24, 2.45) is 11.7 Å². The van der Waals surface area contributed by atoms with Gasteiger partial charge in [0.1, 0.15) is 11.6 Å². The first kappa shape index (κ1) is 15.8. The van der Waals surface area contributed by atoms with Gasteiger partial charge in [-0.15, -0.1) is 0 Å². The number of nitrogens with two attached hydrogens (primary N) is 1. The molecule has 1 unspecified atom stereocenters. The van der Waals surface area contributed by atoms with Crippen molar-refractivity contribution >= 4 is 16.9 Å². The summed E-state index contributed by atoms with van der Waals surface area (Å²) in [4.78, 5) is 11.9. The summed E-state index contributed by atoms with van der Waals surface area (Å²) in [6.07, 6.45) is 3.63. The first-order valence-corrected chi connectivity index (χ1v) is 8.29. The fourth-order valence-corrected chi connectivity index (χ4v) is 3.93. The highest BCUT2D eigenvalue weighted by Crippen LogP contribution is 2.53. The molecule has 1 atom stereocenters. The van der Waals surface area contributed by atoms with E-state index in [-0.39, 0.29) is 5.92 Å². The monoisotopic (exact) mass is 340 g/mol. The molecular formula is C20H18F2N2O. The summed E-state index contributed by atoms with van der Waals surface area (Å²) in [5.74, 6) is -0.927. The molecular weight excluding hydrogens is 322 g/mol. The van der Waals surface area contributed by atoms with Crippen molar-refractivity contribution < 1.29 is 13.6 Å². The summed E-state index contributed by atoms with van der Waals surface area (Å²) >= 11 is 0. The van der Waals surface area contributed by atoms with Crippen molar-refractivity contribution in [3.8, 4) is 0 Å². The Morgan fingerprint density at radius 3 is 2.52 bits per heavy atom. The quantitative estimate of drug-likeness (QED) is 0.746. The molecule has 2 N–H and O–H groups in total. The minimum absolute atomic E-state index is 0.236. The van der Waals surface area contributed by atoms with Crippen molar-refractivity contribution in [2.75, 3.05) is 0 Å². The van der Waals surface area contributed by atoms with E-state index in [0.29, 0.717) is 11.1 Å². The van der Waals surface area contributed by atoms with E-state index in [4.69, 9.17) is 5.73 Å². The van der Waals surface area contributed by atoms with E-state index < -0.39 is 23.1 Å². The largest absolute Gasteiger partial charge is 0.351 e. The number of rotatable bonds is 3. The predicted octanol–water partition coefficient (Wildman–Crippen LogP) is 4.56. The normalized spacial score (nSPS) is 16.8. The lowest BCUT2D eigenvalue weighted by molar-refractivity contribution is 0.251. The van der Waals surface area contributed by atoms with Crippen molar-refractivity contribution in [3.05, 3.63) is 71.4 Å². The van der Waals surface area contributed by atoms with Crippen molar-refractivity contribution in [3.63, 3.8) is 0 Å². The Kier molecular flexibility index (Phi) is 3.42. The van der Waals surface area contributed by atoms with E-state index in [2.05, 4.69) is 0 Å². The third-order valence-electron chi connectivity index (χ3n) is 5.39. The number of carbonyl (C=O) groups excluding carboxylic acids is 1. The Morgan fingerprint density at radius 2 is 1.88 bits per heavy atom. The summed E-state index contributed by atoms with van der Waals surface area (Å²) in [6, 6.07) is 10.6. The SMILES string of the molecule is CC(c1ccc(F)cc1F)(c1cn(C(N)=O)c2ccccc12)C1CC1. The van der Waals surface area contributed by atoms with Gasteiger partial charge in [-0.2, -0.15) is 0 Å². The number of aromatic nitrogens is 1. The molecule has 3 nitrogen and oxygen atoms in total. The number of primary amides is 1. The number of para-hydroxylation sites is 1. The van der Waals surface area contributed by atoms with Crippen LogP contribution >= 0.6 is 0 Å². The van der Waals surface area contributed by atoms with Gasteiger partial charge >= 0.3 is 6.03 Å². The Labute approximate surface area is 144 Å². The standard InChI is InChI=1S/C20H18F2N2O/c1-20(12-6-7-12,15-9-8-13(21)10-17(15)22)16-11-24(19(23)25)18-5-3-2-4-14(16)18/h2-5,8-12H,6-7H2,1H3,(H2,23,25). The van der Waals surface area contributed by atoms with Gasteiger partial charge in [0.25, 0.3) is 0 Å². The molecule has 1 amide bonds. The van der Waals surface area contributed by atoms with Gasteiger partial charge in [-0.05, 0) is 42.0 Å². The number of amides is 1. The van der Waals surface area contributed by atoms with Crippen LogP contribution < -0.4 is 5.73 Å². The molecule has 0 spiro atoms. The van der Waals surface area contributed by atoms with E-state index in [1.165, 1.54) is 16.7 Å². The highest BCUT2D eigenvalue weighted by atomic mass is 19.1. The molecule has 0 bridgehead atoms. The molecule has 1 heterocycles. The summed E-state index contributed by atoms with van der Waals surface area (Å²) in [5, 5.41) is 0.861.